The van der Waals surface area contributed by atoms with Crippen LogP contribution in [0.5, 0.6) is 5.75 Å². The van der Waals surface area contributed by atoms with Crippen molar-refractivity contribution in [2.24, 2.45) is 0 Å². The molecule has 0 unspecified atom stereocenters. The Labute approximate surface area is 103 Å². The topological polar surface area (TPSA) is 9.23 Å². The van der Waals surface area contributed by atoms with Gasteiger partial charge in [0, 0.05) is 0 Å². The fraction of sp³-hybridized carbons (Fsp3) is 0.250. The van der Waals surface area contributed by atoms with Gasteiger partial charge < -0.3 is 4.74 Å². The standard InChI is InChI=1S/C8H3Cl3F4O/c9-8(10,11)16-5-3-1-2-4(6(5)12)7(13,14)15/h1-3H. The average Bonchev–Trinajstić information content (AvgIpc) is 2.04. The maximum atomic E-state index is 13.3. The van der Waals surface area contributed by atoms with Gasteiger partial charge in [0.2, 0.25) is 0 Å². The third kappa shape index (κ3) is 3.57. The molecule has 0 aliphatic heterocycles. The molecule has 0 bridgehead atoms. The predicted octanol–water partition coefficient (Wildman–Crippen LogP) is 4.55. The molecule has 8 heteroatoms. The van der Waals surface area contributed by atoms with Crippen LogP contribution in [0.15, 0.2) is 18.2 Å². The van der Waals surface area contributed by atoms with Crippen molar-refractivity contribution in [3.63, 3.8) is 0 Å². The number of halogens is 7. The monoisotopic (exact) mass is 296 g/mol. The minimum atomic E-state index is -4.84. The Hall–Kier alpha value is -0.390. The lowest BCUT2D eigenvalue weighted by atomic mass is 10.2. The zero-order chi connectivity index (χ0) is 12.6. The van der Waals surface area contributed by atoms with Gasteiger partial charge in [-0.2, -0.15) is 13.2 Å². The molecule has 0 saturated carbocycles. The van der Waals surface area contributed by atoms with E-state index in [1.165, 1.54) is 0 Å². The minimum absolute atomic E-state index is 0.556. The summed E-state index contributed by atoms with van der Waals surface area (Å²) in [7, 11) is 0. The van der Waals surface area contributed by atoms with E-state index < -0.39 is 27.3 Å². The van der Waals surface area contributed by atoms with Gasteiger partial charge in [0.05, 0.1) is 5.56 Å². The number of benzene rings is 1. The molecule has 0 N–H and O–H groups in total. The minimum Gasteiger partial charge on any atom is -0.442 e. The largest absolute Gasteiger partial charge is 0.442 e. The molecule has 0 fully saturated rings. The molecule has 0 saturated heterocycles. The smallest absolute Gasteiger partial charge is 0.419 e. The first-order valence-corrected chi connectivity index (χ1v) is 4.86. The second-order valence-corrected chi connectivity index (χ2v) is 4.84. The van der Waals surface area contributed by atoms with Crippen molar-refractivity contribution < 1.29 is 22.3 Å². The van der Waals surface area contributed by atoms with E-state index in [1.807, 2.05) is 0 Å². The van der Waals surface area contributed by atoms with Gasteiger partial charge in [-0.05, 0) is 46.9 Å². The molecule has 0 atom stereocenters. The van der Waals surface area contributed by atoms with Gasteiger partial charge in [0.25, 0.3) is 0 Å². The molecule has 0 aliphatic carbocycles. The predicted molar refractivity (Wildman–Crippen MR) is 52.3 cm³/mol. The Kier molecular flexibility index (Phi) is 3.82. The molecule has 1 aromatic carbocycles. The van der Waals surface area contributed by atoms with Gasteiger partial charge in [-0.15, -0.1) is 0 Å². The van der Waals surface area contributed by atoms with Crippen LogP contribution >= 0.6 is 34.8 Å². The van der Waals surface area contributed by atoms with E-state index in [0.717, 1.165) is 12.1 Å². The van der Waals surface area contributed by atoms with E-state index >= 15 is 0 Å². The van der Waals surface area contributed by atoms with Crippen LogP contribution in [0, 0.1) is 5.82 Å². The summed E-state index contributed by atoms with van der Waals surface area (Å²) in [6.07, 6.45) is -4.84. The highest BCUT2D eigenvalue weighted by Crippen LogP contribution is 2.37. The van der Waals surface area contributed by atoms with Crippen molar-refractivity contribution >= 4 is 34.8 Å². The maximum absolute atomic E-state index is 13.3. The van der Waals surface area contributed by atoms with E-state index in [2.05, 4.69) is 4.74 Å². The molecule has 0 spiro atoms. The summed E-state index contributed by atoms with van der Waals surface area (Å²) >= 11 is 15.5. The number of rotatable bonds is 1. The van der Waals surface area contributed by atoms with Crippen LogP contribution in [0.3, 0.4) is 0 Å². The van der Waals surface area contributed by atoms with Crippen molar-refractivity contribution in [2.45, 2.75) is 10.2 Å². The number of hydrogen-bond acceptors (Lipinski definition) is 1. The fourth-order valence-electron chi connectivity index (χ4n) is 0.933. The first-order chi connectivity index (χ1) is 7.11. The van der Waals surface area contributed by atoms with Gasteiger partial charge in [-0.3, -0.25) is 0 Å². The van der Waals surface area contributed by atoms with Gasteiger partial charge >= 0.3 is 10.2 Å². The third-order valence-electron chi connectivity index (χ3n) is 1.49. The molecule has 1 nitrogen and oxygen atoms in total. The van der Waals surface area contributed by atoms with Gasteiger partial charge in [-0.25, -0.2) is 4.39 Å². The quantitative estimate of drug-likeness (QED) is 0.546. The molecule has 0 amide bonds. The summed E-state index contributed by atoms with van der Waals surface area (Å²) in [6, 6.07) is 2.42. The van der Waals surface area contributed by atoms with E-state index in [9.17, 15) is 17.6 Å². The molecular weight excluding hydrogens is 294 g/mol. The molecule has 1 rings (SSSR count). The van der Waals surface area contributed by atoms with Crippen molar-refractivity contribution in [3.8, 4) is 5.75 Å². The zero-order valence-electron chi connectivity index (χ0n) is 7.29. The third-order valence-corrected chi connectivity index (χ3v) is 1.73. The van der Waals surface area contributed by atoms with Crippen LogP contribution in [0.2, 0.25) is 0 Å². The van der Waals surface area contributed by atoms with Crippen molar-refractivity contribution in [1.82, 2.24) is 0 Å². The number of hydrogen-bond donors (Lipinski definition) is 0. The molecule has 0 radical (unpaired) electrons. The lowest BCUT2D eigenvalue weighted by Crippen LogP contribution is -2.16. The second kappa shape index (κ2) is 4.47. The molecular formula is C8H3Cl3F4O. The molecule has 0 aliphatic rings. The van der Waals surface area contributed by atoms with E-state index in [-0.39, 0.29) is 0 Å². The Morgan fingerprint density at radius 1 is 1.06 bits per heavy atom. The zero-order valence-corrected chi connectivity index (χ0v) is 9.55. The molecule has 0 aromatic heterocycles. The van der Waals surface area contributed by atoms with Crippen LogP contribution in [0.25, 0.3) is 0 Å². The summed E-state index contributed by atoms with van der Waals surface area (Å²) < 4.78 is 52.1. The van der Waals surface area contributed by atoms with Gasteiger partial charge in [0.1, 0.15) is 0 Å². The number of alkyl halides is 6. The van der Waals surface area contributed by atoms with Crippen molar-refractivity contribution in [2.75, 3.05) is 0 Å². The van der Waals surface area contributed by atoms with Gasteiger partial charge in [-0.1, -0.05) is 6.07 Å². The first kappa shape index (κ1) is 13.7. The normalized spacial score (nSPS) is 12.7. The highest BCUT2D eigenvalue weighted by Gasteiger charge is 2.36. The summed E-state index contributed by atoms with van der Waals surface area (Å²) in [5.74, 6) is -2.41. The van der Waals surface area contributed by atoms with E-state index in [4.69, 9.17) is 34.8 Å². The van der Waals surface area contributed by atoms with Crippen LogP contribution in [0.1, 0.15) is 5.56 Å². The fourth-order valence-corrected chi connectivity index (χ4v) is 1.18. The van der Waals surface area contributed by atoms with Crippen LogP contribution < -0.4 is 4.74 Å². The van der Waals surface area contributed by atoms with Crippen molar-refractivity contribution in [3.05, 3.63) is 29.6 Å². The Morgan fingerprint density at radius 2 is 1.62 bits per heavy atom. The average molecular weight is 297 g/mol. The lowest BCUT2D eigenvalue weighted by Gasteiger charge is -2.16. The molecule has 90 valence electrons. The maximum Gasteiger partial charge on any atom is 0.419 e. The summed E-state index contributed by atoms with van der Waals surface area (Å²) in [5.41, 5.74) is -1.49. The van der Waals surface area contributed by atoms with Gasteiger partial charge in [0.15, 0.2) is 11.6 Å². The number of ether oxygens (including phenoxy) is 1. The Morgan fingerprint density at radius 3 is 2.06 bits per heavy atom. The van der Waals surface area contributed by atoms with Crippen molar-refractivity contribution in [1.29, 1.82) is 0 Å². The Balaban J connectivity index is 3.15. The Bertz CT molecular complexity index is 386. The summed E-state index contributed by atoms with van der Waals surface area (Å²) in [6.45, 7) is 0. The lowest BCUT2D eigenvalue weighted by molar-refractivity contribution is -0.140. The molecule has 0 heterocycles. The highest BCUT2D eigenvalue weighted by atomic mass is 35.6. The summed E-state index contributed by atoms with van der Waals surface area (Å²) in [5, 5.41) is 0. The highest BCUT2D eigenvalue weighted by molar-refractivity contribution is 6.66. The van der Waals surface area contributed by atoms with E-state index in [0.29, 0.717) is 6.07 Å². The molecule has 1 aromatic rings. The first-order valence-electron chi connectivity index (χ1n) is 3.73. The second-order valence-electron chi connectivity index (χ2n) is 2.66. The van der Waals surface area contributed by atoms with Crippen LogP contribution in [-0.4, -0.2) is 3.98 Å². The van der Waals surface area contributed by atoms with Crippen LogP contribution in [-0.2, 0) is 6.18 Å². The SMILES string of the molecule is Fc1c(OC(Cl)(Cl)Cl)cccc1C(F)(F)F. The molecule has 16 heavy (non-hydrogen) atoms. The van der Waals surface area contributed by atoms with Crippen LogP contribution in [0.4, 0.5) is 17.6 Å². The van der Waals surface area contributed by atoms with E-state index in [1.54, 1.807) is 0 Å². The summed E-state index contributed by atoms with van der Waals surface area (Å²) in [4.78, 5) is 0.